The summed E-state index contributed by atoms with van der Waals surface area (Å²) in [6, 6.07) is 7.60. The van der Waals surface area contributed by atoms with Gasteiger partial charge in [-0.05, 0) is 37.8 Å². The first-order chi connectivity index (χ1) is 8.56. The Bertz CT molecular complexity index is 441. The van der Waals surface area contributed by atoms with E-state index in [0.29, 0.717) is 12.2 Å². The average Bonchev–Trinajstić information content (AvgIpc) is 2.34. The van der Waals surface area contributed by atoms with Crippen molar-refractivity contribution in [3.8, 4) is 5.75 Å². The molecule has 0 radical (unpaired) electrons. The Morgan fingerprint density at radius 2 is 2.11 bits per heavy atom. The molecule has 3 nitrogen and oxygen atoms in total. The molecule has 0 saturated heterocycles. The quantitative estimate of drug-likeness (QED) is 0.891. The number of aryl methyl sites for hydroxylation is 1. The van der Waals surface area contributed by atoms with E-state index in [4.69, 9.17) is 4.74 Å². The van der Waals surface area contributed by atoms with Crippen LogP contribution in [0.5, 0.6) is 5.75 Å². The van der Waals surface area contributed by atoms with E-state index in [9.17, 15) is 9.90 Å². The molecular weight excluding hydrogens is 228 g/mol. The molecule has 0 aromatic heterocycles. The van der Waals surface area contributed by atoms with Crippen LogP contribution in [0.1, 0.15) is 38.2 Å². The van der Waals surface area contributed by atoms with Gasteiger partial charge in [0, 0.05) is 5.92 Å². The Morgan fingerprint density at radius 1 is 1.39 bits per heavy atom. The standard InChI is InChI=1S/C15H20O3/c1-11-7-3-4-9-13(11)18-15(14(16)17)10-6-5-8-12(15)2/h3-4,7,9,12H,5-6,8,10H2,1-2H3,(H,16,17). The highest BCUT2D eigenvalue weighted by molar-refractivity contribution is 5.78. The van der Waals surface area contributed by atoms with Gasteiger partial charge < -0.3 is 9.84 Å². The smallest absolute Gasteiger partial charge is 0.348 e. The van der Waals surface area contributed by atoms with Crippen LogP contribution in [0.3, 0.4) is 0 Å². The SMILES string of the molecule is Cc1ccccc1OC1(C(=O)O)CCCCC1C. The fraction of sp³-hybridized carbons (Fsp3) is 0.533. The number of hydrogen-bond donors (Lipinski definition) is 1. The van der Waals surface area contributed by atoms with Gasteiger partial charge >= 0.3 is 5.97 Å². The van der Waals surface area contributed by atoms with E-state index in [-0.39, 0.29) is 5.92 Å². The van der Waals surface area contributed by atoms with Crippen molar-refractivity contribution >= 4 is 5.97 Å². The molecule has 0 bridgehead atoms. The summed E-state index contributed by atoms with van der Waals surface area (Å²) >= 11 is 0. The Labute approximate surface area is 108 Å². The van der Waals surface area contributed by atoms with Gasteiger partial charge in [0.15, 0.2) is 0 Å². The highest BCUT2D eigenvalue weighted by Gasteiger charge is 2.47. The highest BCUT2D eigenvalue weighted by Crippen LogP contribution is 2.38. The second-order valence-corrected chi connectivity index (χ2v) is 5.21. The number of ether oxygens (including phenoxy) is 1. The fourth-order valence-corrected chi connectivity index (χ4v) is 2.70. The van der Waals surface area contributed by atoms with Crippen molar-refractivity contribution in [2.75, 3.05) is 0 Å². The highest BCUT2D eigenvalue weighted by atomic mass is 16.5. The summed E-state index contributed by atoms with van der Waals surface area (Å²) in [6.07, 6.45) is 3.52. The number of carboxylic acids is 1. The average molecular weight is 248 g/mol. The maximum Gasteiger partial charge on any atom is 0.348 e. The van der Waals surface area contributed by atoms with Crippen molar-refractivity contribution in [2.24, 2.45) is 5.92 Å². The number of rotatable bonds is 3. The van der Waals surface area contributed by atoms with Crippen molar-refractivity contribution in [1.29, 1.82) is 0 Å². The van der Waals surface area contributed by atoms with Gasteiger partial charge in [-0.3, -0.25) is 0 Å². The number of aliphatic carboxylic acids is 1. The normalized spacial score (nSPS) is 27.8. The molecule has 2 unspecified atom stereocenters. The molecule has 2 rings (SSSR count). The van der Waals surface area contributed by atoms with Gasteiger partial charge in [-0.2, -0.15) is 0 Å². The van der Waals surface area contributed by atoms with Crippen LogP contribution in [0.2, 0.25) is 0 Å². The first-order valence-electron chi connectivity index (χ1n) is 6.54. The number of carboxylic acid groups (broad SMARTS) is 1. The second kappa shape index (κ2) is 5.01. The molecule has 18 heavy (non-hydrogen) atoms. The summed E-state index contributed by atoms with van der Waals surface area (Å²) in [5, 5.41) is 9.59. The molecule has 2 atom stereocenters. The van der Waals surface area contributed by atoms with E-state index in [1.165, 1.54) is 0 Å². The summed E-state index contributed by atoms with van der Waals surface area (Å²) in [5.74, 6) is -0.102. The minimum Gasteiger partial charge on any atom is -0.478 e. The number of hydrogen-bond acceptors (Lipinski definition) is 2. The first-order valence-corrected chi connectivity index (χ1v) is 6.54. The van der Waals surface area contributed by atoms with Gasteiger partial charge in [-0.1, -0.05) is 31.5 Å². The lowest BCUT2D eigenvalue weighted by Gasteiger charge is -2.39. The van der Waals surface area contributed by atoms with Crippen LogP contribution < -0.4 is 4.74 Å². The summed E-state index contributed by atoms with van der Waals surface area (Å²) in [5.41, 5.74) is -0.0689. The minimum atomic E-state index is -1.05. The predicted molar refractivity (Wildman–Crippen MR) is 69.8 cm³/mol. The molecule has 0 amide bonds. The largest absolute Gasteiger partial charge is 0.478 e. The second-order valence-electron chi connectivity index (χ2n) is 5.21. The van der Waals surface area contributed by atoms with Gasteiger partial charge in [0.2, 0.25) is 5.60 Å². The number of benzene rings is 1. The zero-order valence-electron chi connectivity index (χ0n) is 11.0. The monoisotopic (exact) mass is 248 g/mol. The van der Waals surface area contributed by atoms with Crippen molar-refractivity contribution in [3.63, 3.8) is 0 Å². The molecule has 98 valence electrons. The van der Waals surface area contributed by atoms with Crippen LogP contribution in [-0.2, 0) is 4.79 Å². The molecule has 1 fully saturated rings. The van der Waals surface area contributed by atoms with Crippen molar-refractivity contribution in [1.82, 2.24) is 0 Å². The van der Waals surface area contributed by atoms with Crippen molar-refractivity contribution < 1.29 is 14.6 Å². The van der Waals surface area contributed by atoms with Gasteiger partial charge in [0.25, 0.3) is 0 Å². The molecule has 1 aliphatic carbocycles. The van der Waals surface area contributed by atoms with Gasteiger partial charge in [0.1, 0.15) is 5.75 Å². The maximum atomic E-state index is 11.7. The summed E-state index contributed by atoms with van der Waals surface area (Å²) in [7, 11) is 0. The number of carbonyl (C=O) groups is 1. The van der Waals surface area contributed by atoms with Gasteiger partial charge in [0.05, 0.1) is 0 Å². The van der Waals surface area contributed by atoms with E-state index in [1.54, 1.807) is 0 Å². The van der Waals surface area contributed by atoms with E-state index in [1.807, 2.05) is 38.1 Å². The lowest BCUT2D eigenvalue weighted by molar-refractivity contribution is -0.163. The molecule has 3 heteroatoms. The molecule has 0 spiro atoms. The van der Waals surface area contributed by atoms with Crippen LogP contribution in [0.15, 0.2) is 24.3 Å². The third-order valence-electron chi connectivity index (χ3n) is 3.98. The van der Waals surface area contributed by atoms with Crippen LogP contribution in [0, 0.1) is 12.8 Å². The lowest BCUT2D eigenvalue weighted by atomic mass is 9.76. The van der Waals surface area contributed by atoms with Crippen molar-refractivity contribution in [2.45, 2.75) is 45.1 Å². The fourth-order valence-electron chi connectivity index (χ4n) is 2.70. The Balaban J connectivity index is 2.32. The molecular formula is C15H20O3. The van der Waals surface area contributed by atoms with Crippen LogP contribution in [-0.4, -0.2) is 16.7 Å². The van der Waals surface area contributed by atoms with Gasteiger partial charge in [-0.15, -0.1) is 0 Å². The maximum absolute atomic E-state index is 11.7. The summed E-state index contributed by atoms with van der Waals surface area (Å²) in [6.45, 7) is 3.92. The van der Waals surface area contributed by atoms with Crippen LogP contribution in [0.25, 0.3) is 0 Å². The zero-order chi connectivity index (χ0) is 13.2. The minimum absolute atomic E-state index is 0.0448. The molecule has 1 aromatic carbocycles. The predicted octanol–water partition coefficient (Wildman–Crippen LogP) is 3.41. The first kappa shape index (κ1) is 12.9. The van der Waals surface area contributed by atoms with E-state index in [0.717, 1.165) is 24.8 Å². The third kappa shape index (κ3) is 2.22. The Morgan fingerprint density at radius 3 is 2.72 bits per heavy atom. The summed E-state index contributed by atoms with van der Waals surface area (Å²) in [4.78, 5) is 11.7. The molecule has 1 saturated carbocycles. The summed E-state index contributed by atoms with van der Waals surface area (Å²) < 4.78 is 5.95. The van der Waals surface area contributed by atoms with E-state index in [2.05, 4.69) is 0 Å². The zero-order valence-corrected chi connectivity index (χ0v) is 11.0. The number of para-hydroxylation sites is 1. The topological polar surface area (TPSA) is 46.5 Å². The van der Waals surface area contributed by atoms with Crippen LogP contribution in [0.4, 0.5) is 0 Å². The molecule has 1 aromatic rings. The third-order valence-corrected chi connectivity index (χ3v) is 3.98. The molecule has 0 aliphatic heterocycles. The Kier molecular flexibility index (Phi) is 3.60. The lowest BCUT2D eigenvalue weighted by Crippen LogP contribution is -2.52. The van der Waals surface area contributed by atoms with Crippen LogP contribution >= 0.6 is 0 Å². The Hall–Kier alpha value is -1.51. The van der Waals surface area contributed by atoms with E-state index < -0.39 is 11.6 Å². The van der Waals surface area contributed by atoms with E-state index >= 15 is 0 Å². The van der Waals surface area contributed by atoms with Crippen molar-refractivity contribution in [3.05, 3.63) is 29.8 Å². The molecule has 1 aliphatic rings. The van der Waals surface area contributed by atoms with Gasteiger partial charge in [-0.25, -0.2) is 4.79 Å². The molecule has 0 heterocycles. The molecule has 1 N–H and O–H groups in total.